The Morgan fingerprint density at radius 1 is 1.40 bits per heavy atom. The lowest BCUT2D eigenvalue weighted by Gasteiger charge is -2.40. The first-order chi connectivity index (χ1) is 9.75. The predicted molar refractivity (Wildman–Crippen MR) is 75.4 cm³/mol. The summed E-state index contributed by atoms with van der Waals surface area (Å²) in [5, 5.41) is 10.6. The van der Waals surface area contributed by atoms with Gasteiger partial charge in [0.1, 0.15) is 6.33 Å². The Morgan fingerprint density at radius 3 is 3.00 bits per heavy atom. The van der Waals surface area contributed by atoms with E-state index >= 15 is 0 Å². The van der Waals surface area contributed by atoms with Crippen molar-refractivity contribution < 1.29 is 9.84 Å². The number of β-amino-alcohol motifs (C(OH)–C–C–N with tert-alkyl or cyclic N) is 1. The first kappa shape index (κ1) is 13.9. The van der Waals surface area contributed by atoms with Crippen molar-refractivity contribution in [2.45, 2.75) is 37.2 Å². The molecule has 0 aromatic carbocycles. The molecule has 1 aromatic heterocycles. The average Bonchev–Trinajstić information content (AvgIpc) is 2.49. The van der Waals surface area contributed by atoms with Crippen LogP contribution >= 0.6 is 0 Å². The normalized spacial score (nSPS) is 27.4. The van der Waals surface area contributed by atoms with Gasteiger partial charge in [0.2, 0.25) is 0 Å². The van der Waals surface area contributed by atoms with Gasteiger partial charge in [-0.15, -0.1) is 0 Å². The minimum Gasteiger partial charge on any atom is -0.388 e. The molecular weight excluding hydrogens is 254 g/mol. The predicted octanol–water partition coefficient (Wildman–Crippen LogP) is 1.20. The van der Waals surface area contributed by atoms with Crippen LogP contribution < -0.4 is 0 Å². The van der Waals surface area contributed by atoms with Gasteiger partial charge in [-0.2, -0.15) is 0 Å². The summed E-state index contributed by atoms with van der Waals surface area (Å²) < 4.78 is 5.35. The monoisotopic (exact) mass is 277 g/mol. The van der Waals surface area contributed by atoms with Crippen molar-refractivity contribution in [3.63, 3.8) is 0 Å². The zero-order chi connectivity index (χ0) is 13.8. The standard InChI is InChI=1S/C15H23N3O2/c19-15(4-8-20-9-5-15)11-18-7-1-2-13(10-18)14-3-6-16-12-17-14/h3,6,12-13,19H,1-2,4-5,7-11H2/t13-/m1/s1. The number of rotatable bonds is 3. The van der Waals surface area contributed by atoms with Crippen molar-refractivity contribution >= 4 is 0 Å². The number of piperidine rings is 1. The van der Waals surface area contributed by atoms with Crippen molar-refractivity contribution in [1.82, 2.24) is 14.9 Å². The van der Waals surface area contributed by atoms with E-state index in [0.29, 0.717) is 19.1 Å². The van der Waals surface area contributed by atoms with Crippen LogP contribution in [0.3, 0.4) is 0 Å². The molecule has 0 spiro atoms. The largest absolute Gasteiger partial charge is 0.388 e. The molecule has 2 aliphatic heterocycles. The highest BCUT2D eigenvalue weighted by Gasteiger charge is 2.33. The number of aliphatic hydroxyl groups is 1. The van der Waals surface area contributed by atoms with Crippen LogP contribution in [-0.4, -0.2) is 58.4 Å². The van der Waals surface area contributed by atoms with Crippen LogP contribution in [0.15, 0.2) is 18.6 Å². The third kappa shape index (κ3) is 3.34. The molecule has 1 N–H and O–H groups in total. The van der Waals surface area contributed by atoms with Gasteiger partial charge in [0.15, 0.2) is 0 Å². The van der Waals surface area contributed by atoms with Crippen LogP contribution in [0.4, 0.5) is 0 Å². The second kappa shape index (κ2) is 6.16. The molecular formula is C15H23N3O2. The highest BCUT2D eigenvalue weighted by molar-refractivity contribution is 5.08. The molecule has 3 heterocycles. The second-order valence-electron chi connectivity index (χ2n) is 6.05. The number of hydrogen-bond acceptors (Lipinski definition) is 5. The van der Waals surface area contributed by atoms with E-state index in [-0.39, 0.29) is 0 Å². The van der Waals surface area contributed by atoms with Gasteiger partial charge in [-0.25, -0.2) is 9.97 Å². The third-order valence-electron chi connectivity index (χ3n) is 4.47. The molecule has 0 radical (unpaired) electrons. The van der Waals surface area contributed by atoms with Crippen molar-refractivity contribution in [2.75, 3.05) is 32.8 Å². The van der Waals surface area contributed by atoms with Gasteiger partial charge in [0.05, 0.1) is 5.60 Å². The molecule has 0 saturated carbocycles. The lowest BCUT2D eigenvalue weighted by atomic mass is 9.90. The van der Waals surface area contributed by atoms with E-state index < -0.39 is 5.60 Å². The fourth-order valence-electron chi connectivity index (χ4n) is 3.31. The maximum atomic E-state index is 10.6. The molecule has 110 valence electrons. The van der Waals surface area contributed by atoms with Gasteiger partial charge in [0.25, 0.3) is 0 Å². The minimum atomic E-state index is -0.564. The molecule has 1 aromatic rings. The van der Waals surface area contributed by atoms with E-state index in [9.17, 15) is 5.11 Å². The van der Waals surface area contributed by atoms with E-state index in [1.165, 1.54) is 12.8 Å². The van der Waals surface area contributed by atoms with E-state index in [1.807, 2.05) is 12.3 Å². The summed E-state index contributed by atoms with van der Waals surface area (Å²) in [7, 11) is 0. The molecule has 5 heteroatoms. The van der Waals surface area contributed by atoms with Crippen LogP contribution in [-0.2, 0) is 4.74 Å². The number of hydrogen-bond donors (Lipinski definition) is 1. The smallest absolute Gasteiger partial charge is 0.115 e. The lowest BCUT2D eigenvalue weighted by molar-refractivity contribution is -0.0824. The Morgan fingerprint density at radius 2 is 2.25 bits per heavy atom. The van der Waals surface area contributed by atoms with E-state index in [0.717, 1.165) is 38.2 Å². The summed E-state index contributed by atoms with van der Waals surface area (Å²) in [5.74, 6) is 0.468. The van der Waals surface area contributed by atoms with Gasteiger partial charge in [0, 0.05) is 57.0 Å². The molecule has 2 aliphatic rings. The van der Waals surface area contributed by atoms with Crippen LogP contribution in [0.1, 0.15) is 37.3 Å². The van der Waals surface area contributed by atoms with Crippen LogP contribution in [0.25, 0.3) is 0 Å². The Hall–Kier alpha value is -1.04. The number of likely N-dealkylation sites (tertiary alicyclic amines) is 1. The SMILES string of the molecule is OC1(CN2CCC[C@@H](c3ccncn3)C2)CCOCC1. The molecule has 20 heavy (non-hydrogen) atoms. The maximum Gasteiger partial charge on any atom is 0.115 e. The second-order valence-corrected chi connectivity index (χ2v) is 6.05. The fraction of sp³-hybridized carbons (Fsp3) is 0.733. The van der Waals surface area contributed by atoms with Crippen molar-refractivity contribution in [3.8, 4) is 0 Å². The summed E-state index contributed by atoms with van der Waals surface area (Å²) >= 11 is 0. The molecule has 3 rings (SSSR count). The molecule has 5 nitrogen and oxygen atoms in total. The molecule has 1 atom stereocenters. The highest BCUT2D eigenvalue weighted by atomic mass is 16.5. The Labute approximate surface area is 120 Å². The molecule has 0 amide bonds. The first-order valence-corrected chi connectivity index (χ1v) is 7.54. The molecule has 2 fully saturated rings. The minimum absolute atomic E-state index is 0.468. The lowest BCUT2D eigenvalue weighted by Crippen LogP contribution is -2.49. The topological polar surface area (TPSA) is 58.5 Å². The van der Waals surface area contributed by atoms with E-state index in [4.69, 9.17) is 4.74 Å². The third-order valence-corrected chi connectivity index (χ3v) is 4.47. The van der Waals surface area contributed by atoms with Crippen molar-refractivity contribution in [1.29, 1.82) is 0 Å². The van der Waals surface area contributed by atoms with Gasteiger partial charge < -0.3 is 9.84 Å². The summed E-state index contributed by atoms with van der Waals surface area (Å²) in [6, 6.07) is 2.01. The summed E-state index contributed by atoms with van der Waals surface area (Å²) in [5.41, 5.74) is 0.565. The van der Waals surface area contributed by atoms with Crippen molar-refractivity contribution in [2.24, 2.45) is 0 Å². The van der Waals surface area contributed by atoms with E-state index in [2.05, 4.69) is 14.9 Å². The van der Waals surface area contributed by atoms with E-state index in [1.54, 1.807) is 6.33 Å². The van der Waals surface area contributed by atoms with Crippen LogP contribution in [0, 0.1) is 0 Å². The molecule has 0 unspecified atom stereocenters. The quantitative estimate of drug-likeness (QED) is 0.899. The fourth-order valence-corrected chi connectivity index (χ4v) is 3.31. The maximum absolute atomic E-state index is 10.6. The van der Waals surface area contributed by atoms with Gasteiger partial charge >= 0.3 is 0 Å². The first-order valence-electron chi connectivity index (χ1n) is 7.54. The Balaban J connectivity index is 1.60. The Bertz CT molecular complexity index is 420. The zero-order valence-electron chi connectivity index (χ0n) is 11.9. The number of ether oxygens (including phenoxy) is 1. The molecule has 2 saturated heterocycles. The highest BCUT2D eigenvalue weighted by Crippen LogP contribution is 2.28. The van der Waals surface area contributed by atoms with Gasteiger partial charge in [-0.1, -0.05) is 0 Å². The van der Waals surface area contributed by atoms with Crippen LogP contribution in [0.5, 0.6) is 0 Å². The summed E-state index contributed by atoms with van der Waals surface area (Å²) in [6.45, 7) is 4.18. The molecule has 0 aliphatic carbocycles. The molecule has 0 bridgehead atoms. The summed E-state index contributed by atoms with van der Waals surface area (Å²) in [4.78, 5) is 10.8. The zero-order valence-corrected chi connectivity index (χ0v) is 11.9. The number of aromatic nitrogens is 2. The summed E-state index contributed by atoms with van der Waals surface area (Å²) in [6.07, 6.45) is 7.28. The van der Waals surface area contributed by atoms with Gasteiger partial charge in [-0.05, 0) is 25.5 Å². The Kier molecular flexibility index (Phi) is 4.29. The van der Waals surface area contributed by atoms with Crippen molar-refractivity contribution in [3.05, 3.63) is 24.3 Å². The van der Waals surface area contributed by atoms with Crippen LogP contribution in [0.2, 0.25) is 0 Å². The number of nitrogens with zero attached hydrogens (tertiary/aromatic N) is 3. The average molecular weight is 277 g/mol. The van der Waals surface area contributed by atoms with Gasteiger partial charge in [-0.3, -0.25) is 4.90 Å².